The Hall–Kier alpha value is -1.41. The van der Waals surface area contributed by atoms with Crippen molar-refractivity contribution < 1.29 is 37.0 Å². The van der Waals surface area contributed by atoms with Crippen molar-refractivity contribution >= 4 is 48.3 Å². The monoisotopic (exact) mass is 673 g/mol. The number of aromatic nitrogens is 1. The van der Waals surface area contributed by atoms with E-state index in [1.54, 1.807) is 34.1 Å². The smallest absolute Gasteiger partial charge is 0.397 e. The second kappa shape index (κ2) is 13.1. The van der Waals surface area contributed by atoms with Gasteiger partial charge in [-0.15, -0.1) is 0 Å². The SMILES string of the molecule is COc1ccc(COCCC(=O)COc2c(I)cc(C(CC(C)(C)[Si](C)(C)O)C(F)(F)F)nc2Cl)cc1. The molecule has 0 bridgehead atoms. The number of benzene rings is 1. The molecule has 12 heteroatoms. The average molecular weight is 674 g/mol. The van der Waals surface area contributed by atoms with Gasteiger partial charge in [-0.05, 0) is 70.9 Å². The van der Waals surface area contributed by atoms with Crippen molar-refractivity contribution in [2.45, 2.75) is 63.5 Å². The van der Waals surface area contributed by atoms with Crippen molar-refractivity contribution in [2.24, 2.45) is 0 Å². The molecule has 2 aromatic rings. The van der Waals surface area contributed by atoms with Gasteiger partial charge < -0.3 is 19.0 Å². The highest BCUT2D eigenvalue weighted by Gasteiger charge is 2.49. The summed E-state index contributed by atoms with van der Waals surface area (Å²) in [5.74, 6) is -1.38. The molecule has 1 unspecified atom stereocenters. The van der Waals surface area contributed by atoms with Crippen LogP contribution in [0.2, 0.25) is 23.3 Å². The van der Waals surface area contributed by atoms with Crippen LogP contribution in [0.5, 0.6) is 11.5 Å². The fraction of sp³-hybridized carbons (Fsp3) is 0.520. The van der Waals surface area contributed by atoms with Crippen LogP contribution in [-0.4, -0.2) is 50.4 Å². The Balaban J connectivity index is 1.99. The minimum Gasteiger partial charge on any atom is -0.497 e. The third kappa shape index (κ3) is 9.38. The fourth-order valence-electron chi connectivity index (χ4n) is 3.27. The summed E-state index contributed by atoms with van der Waals surface area (Å²) in [6.45, 7) is 6.70. The number of rotatable bonds is 13. The van der Waals surface area contributed by atoms with Gasteiger partial charge in [0.15, 0.2) is 25.0 Å². The minimum absolute atomic E-state index is 0.0514. The molecular weight excluding hydrogens is 642 g/mol. The van der Waals surface area contributed by atoms with Crippen LogP contribution in [-0.2, 0) is 16.1 Å². The van der Waals surface area contributed by atoms with Crippen molar-refractivity contribution in [3.8, 4) is 11.5 Å². The van der Waals surface area contributed by atoms with Gasteiger partial charge in [0.05, 0.1) is 35.5 Å². The highest BCUT2D eigenvalue weighted by Crippen LogP contribution is 2.50. The molecule has 2 rings (SSSR count). The Kier molecular flexibility index (Phi) is 11.3. The molecule has 1 N–H and O–H groups in total. The van der Waals surface area contributed by atoms with Gasteiger partial charge in [-0.1, -0.05) is 37.6 Å². The first-order valence-electron chi connectivity index (χ1n) is 11.6. The molecule has 206 valence electrons. The number of ketones is 1. The first-order chi connectivity index (χ1) is 17.0. The number of Topliss-reactive ketones (excluding diaryl/α,β-unsaturated/α-hetero) is 1. The molecule has 0 saturated carbocycles. The first kappa shape index (κ1) is 31.8. The number of pyridine rings is 1. The van der Waals surface area contributed by atoms with Gasteiger partial charge in [0.1, 0.15) is 12.4 Å². The number of nitrogens with zero attached hydrogens (tertiary/aromatic N) is 1. The van der Waals surface area contributed by atoms with Gasteiger partial charge in [0.2, 0.25) is 0 Å². The molecule has 1 atom stereocenters. The van der Waals surface area contributed by atoms with E-state index in [4.69, 9.17) is 25.8 Å². The Labute approximate surface area is 235 Å². The van der Waals surface area contributed by atoms with Crippen LogP contribution in [0.25, 0.3) is 0 Å². The second-order valence-corrected chi connectivity index (χ2v) is 15.9. The molecule has 0 aliphatic carbocycles. The zero-order chi connectivity index (χ0) is 28.0. The molecule has 1 aromatic heterocycles. The van der Waals surface area contributed by atoms with Crippen LogP contribution in [0.4, 0.5) is 13.2 Å². The normalized spacial score (nSPS) is 13.4. The zero-order valence-corrected chi connectivity index (χ0v) is 25.3. The van der Waals surface area contributed by atoms with E-state index < -0.39 is 25.4 Å². The van der Waals surface area contributed by atoms with E-state index >= 15 is 0 Å². The van der Waals surface area contributed by atoms with Crippen LogP contribution >= 0.6 is 34.2 Å². The molecule has 0 aliphatic rings. The summed E-state index contributed by atoms with van der Waals surface area (Å²) in [5.41, 5.74) is 0.682. The fourth-order valence-corrected chi connectivity index (χ4v) is 5.12. The largest absolute Gasteiger partial charge is 0.497 e. The molecule has 0 saturated heterocycles. The highest BCUT2D eigenvalue weighted by atomic mass is 127. The lowest BCUT2D eigenvalue weighted by atomic mass is 9.92. The number of hydrogen-bond acceptors (Lipinski definition) is 6. The quantitative estimate of drug-likeness (QED) is 0.108. The summed E-state index contributed by atoms with van der Waals surface area (Å²) in [5, 5.41) is -1.18. The van der Waals surface area contributed by atoms with Crippen LogP contribution in [0.3, 0.4) is 0 Å². The minimum atomic E-state index is -4.58. The van der Waals surface area contributed by atoms with Crippen molar-refractivity contribution in [2.75, 3.05) is 20.3 Å². The van der Waals surface area contributed by atoms with Gasteiger partial charge in [-0.25, -0.2) is 4.98 Å². The lowest BCUT2D eigenvalue weighted by Gasteiger charge is -2.38. The van der Waals surface area contributed by atoms with Gasteiger partial charge in [0.25, 0.3) is 0 Å². The molecule has 1 heterocycles. The topological polar surface area (TPSA) is 77.9 Å². The van der Waals surface area contributed by atoms with Crippen molar-refractivity contribution in [3.05, 3.63) is 50.3 Å². The van der Waals surface area contributed by atoms with Crippen LogP contribution < -0.4 is 9.47 Å². The number of carbonyl (C=O) groups excluding carboxylic acids is 1. The van der Waals surface area contributed by atoms with E-state index in [9.17, 15) is 22.8 Å². The molecule has 0 spiro atoms. The molecular formula is C25H32ClF3INO5Si. The van der Waals surface area contributed by atoms with Crippen molar-refractivity contribution in [1.29, 1.82) is 0 Å². The van der Waals surface area contributed by atoms with Crippen molar-refractivity contribution in [3.63, 3.8) is 0 Å². The van der Waals surface area contributed by atoms with Gasteiger partial charge in [0, 0.05) is 6.42 Å². The summed E-state index contributed by atoms with van der Waals surface area (Å²) in [6, 6.07) is 8.62. The highest BCUT2D eigenvalue weighted by molar-refractivity contribution is 14.1. The summed E-state index contributed by atoms with van der Waals surface area (Å²) < 4.78 is 58.4. The number of halogens is 5. The van der Waals surface area contributed by atoms with E-state index in [2.05, 4.69) is 4.98 Å². The predicted molar refractivity (Wildman–Crippen MR) is 147 cm³/mol. The maximum absolute atomic E-state index is 14.0. The molecule has 0 radical (unpaired) electrons. The Bertz CT molecular complexity index is 1040. The molecule has 6 nitrogen and oxygen atoms in total. The maximum atomic E-state index is 14.0. The van der Waals surface area contributed by atoms with Crippen LogP contribution in [0.15, 0.2) is 30.3 Å². The Morgan fingerprint density at radius 2 is 1.84 bits per heavy atom. The molecule has 1 aromatic carbocycles. The lowest BCUT2D eigenvalue weighted by molar-refractivity contribution is -0.154. The number of hydrogen-bond donors (Lipinski definition) is 1. The lowest BCUT2D eigenvalue weighted by Crippen LogP contribution is -2.41. The first-order valence-corrected chi connectivity index (χ1v) is 16.0. The molecule has 0 aliphatic heterocycles. The van der Waals surface area contributed by atoms with E-state index in [-0.39, 0.29) is 48.4 Å². The standard InChI is InChI=1S/C25H32ClF3INO5Si/c1-24(2,37(4,5)33)13-19(25(27,28)29)21-12-20(30)22(23(26)31-21)36-15-17(32)10-11-35-14-16-6-8-18(34-3)9-7-16/h6-9,12,19,33H,10-11,13-15H2,1-5H3. The number of alkyl halides is 3. The third-order valence-electron chi connectivity index (χ3n) is 6.36. The van der Waals surface area contributed by atoms with E-state index in [0.29, 0.717) is 10.2 Å². The molecule has 37 heavy (non-hydrogen) atoms. The number of methoxy groups -OCH3 is 1. The summed E-state index contributed by atoms with van der Waals surface area (Å²) in [7, 11) is -1.32. The van der Waals surface area contributed by atoms with E-state index in [1.165, 1.54) is 6.07 Å². The van der Waals surface area contributed by atoms with E-state index in [0.717, 1.165) is 11.3 Å². The molecule has 0 amide bonds. The Morgan fingerprint density at radius 3 is 2.35 bits per heavy atom. The van der Waals surface area contributed by atoms with E-state index in [1.807, 2.05) is 46.9 Å². The third-order valence-corrected chi connectivity index (χ3v) is 10.9. The molecule has 0 fully saturated rings. The van der Waals surface area contributed by atoms with Gasteiger partial charge in [-0.3, -0.25) is 4.79 Å². The summed E-state index contributed by atoms with van der Waals surface area (Å²) in [4.78, 5) is 26.7. The number of carbonyl (C=O) groups is 1. The average Bonchev–Trinajstić information content (AvgIpc) is 2.78. The second-order valence-electron chi connectivity index (χ2n) is 9.87. The van der Waals surface area contributed by atoms with Gasteiger partial charge >= 0.3 is 6.18 Å². The van der Waals surface area contributed by atoms with Crippen molar-refractivity contribution in [1.82, 2.24) is 4.98 Å². The zero-order valence-electron chi connectivity index (χ0n) is 21.4. The van der Waals surface area contributed by atoms with Crippen LogP contribution in [0, 0.1) is 3.57 Å². The predicted octanol–water partition coefficient (Wildman–Crippen LogP) is 6.92. The summed E-state index contributed by atoms with van der Waals surface area (Å²) in [6.07, 6.45) is -4.82. The summed E-state index contributed by atoms with van der Waals surface area (Å²) >= 11 is 8.01. The number of ether oxygens (including phenoxy) is 3. The maximum Gasteiger partial charge on any atom is 0.397 e. The Morgan fingerprint density at radius 1 is 1.22 bits per heavy atom. The van der Waals surface area contributed by atoms with Gasteiger partial charge in [-0.2, -0.15) is 13.2 Å². The van der Waals surface area contributed by atoms with Crippen LogP contribution in [0.1, 0.15) is 43.9 Å².